The van der Waals surface area contributed by atoms with Gasteiger partial charge >= 0.3 is 0 Å². The molecule has 0 bridgehead atoms. The summed E-state index contributed by atoms with van der Waals surface area (Å²) >= 11 is 1.77. The molecule has 0 amide bonds. The first-order valence-electron chi connectivity index (χ1n) is 17.9. The first-order chi connectivity index (χ1) is 26.8. The molecular weight excluding hydrogens is 681 g/mol. The van der Waals surface area contributed by atoms with Gasteiger partial charge in [-0.2, -0.15) is 0 Å². The van der Waals surface area contributed by atoms with Gasteiger partial charge in [0, 0.05) is 47.8 Å². The van der Waals surface area contributed by atoms with E-state index >= 15 is 0 Å². The summed E-state index contributed by atoms with van der Waals surface area (Å²) < 4.78 is 4.71. The lowest BCUT2D eigenvalue weighted by atomic mass is 9.60. The molecule has 244 valence electrons. The van der Waals surface area contributed by atoms with Crippen LogP contribution in [0.25, 0.3) is 92.7 Å². The highest BCUT2D eigenvalue weighted by Crippen LogP contribution is 2.40. The number of thiophene rings is 1. The van der Waals surface area contributed by atoms with Gasteiger partial charge in [-0.1, -0.05) is 95.9 Å². The van der Waals surface area contributed by atoms with Crippen molar-refractivity contribution in [1.82, 2.24) is 14.5 Å². The summed E-state index contributed by atoms with van der Waals surface area (Å²) in [7, 11) is 31.7. The molecule has 3 heterocycles. The molecule has 7 aromatic carbocycles. The van der Waals surface area contributed by atoms with Crippen molar-refractivity contribution in [3.05, 3.63) is 146 Å². The Bertz CT molecular complexity index is 3130. The molecule has 0 unspecified atom stereocenters. The molecule has 0 fully saturated rings. The maximum absolute atomic E-state index is 6.52. The SMILES string of the molecule is [B]c1c([B])c([B])c(-c2cc(-c3ccccc3)nc(-c3ccc4sc5cc(-c6ccc7c(c6)c6ccccc6n7-c6ccccc6)ccc5c4c3)n2)c([B])c1[B]. The summed E-state index contributed by atoms with van der Waals surface area (Å²) in [4.78, 5) is 10.0. The first-order valence-corrected chi connectivity index (χ1v) is 18.7. The fraction of sp³-hybridized carbons (Fsp3) is 0. The van der Waals surface area contributed by atoms with Crippen molar-refractivity contribution in [3.63, 3.8) is 0 Å². The van der Waals surface area contributed by atoms with Gasteiger partial charge in [0.05, 0.1) is 22.4 Å². The second kappa shape index (κ2) is 13.1. The van der Waals surface area contributed by atoms with Gasteiger partial charge in [0.1, 0.15) is 39.2 Å². The van der Waals surface area contributed by atoms with E-state index < -0.39 is 0 Å². The maximum Gasteiger partial charge on any atom is 0.160 e. The lowest BCUT2D eigenvalue weighted by Crippen LogP contribution is -2.55. The van der Waals surface area contributed by atoms with Crippen molar-refractivity contribution in [3.8, 4) is 50.7 Å². The third-order valence-corrected chi connectivity index (χ3v) is 11.6. The molecule has 0 spiro atoms. The normalized spacial score (nSPS) is 11.6. The Morgan fingerprint density at radius 2 is 1.00 bits per heavy atom. The van der Waals surface area contributed by atoms with Crippen LogP contribution in [-0.4, -0.2) is 53.8 Å². The van der Waals surface area contributed by atoms with Gasteiger partial charge in [-0.25, -0.2) is 9.97 Å². The predicted molar refractivity (Wildman–Crippen MR) is 238 cm³/mol. The Kier molecular flexibility index (Phi) is 7.97. The molecule has 9 heteroatoms. The van der Waals surface area contributed by atoms with Crippen LogP contribution in [0.15, 0.2) is 146 Å². The van der Waals surface area contributed by atoms with Crippen molar-refractivity contribution in [2.45, 2.75) is 0 Å². The van der Waals surface area contributed by atoms with Gasteiger partial charge < -0.3 is 4.57 Å². The summed E-state index contributed by atoms with van der Waals surface area (Å²) in [5, 5.41) is 4.75. The summed E-state index contributed by atoms with van der Waals surface area (Å²) in [6.07, 6.45) is 0. The Labute approximate surface area is 329 Å². The molecule has 0 saturated heterocycles. The van der Waals surface area contributed by atoms with E-state index in [1.165, 1.54) is 47.7 Å². The van der Waals surface area contributed by atoms with Crippen LogP contribution >= 0.6 is 11.3 Å². The first kappa shape index (κ1) is 33.5. The Hall–Kier alpha value is -6.04. The lowest BCUT2D eigenvalue weighted by Gasteiger charge is -2.21. The van der Waals surface area contributed by atoms with Crippen LogP contribution in [0.5, 0.6) is 0 Å². The molecule has 3 aromatic heterocycles. The van der Waals surface area contributed by atoms with Gasteiger partial charge in [-0.15, -0.1) is 27.7 Å². The van der Waals surface area contributed by atoms with Crippen molar-refractivity contribution >= 4 is 120 Å². The van der Waals surface area contributed by atoms with E-state index in [-0.39, 0.29) is 27.3 Å². The quantitative estimate of drug-likeness (QED) is 0.190. The third-order valence-electron chi connectivity index (χ3n) is 10.5. The maximum atomic E-state index is 6.52. The van der Waals surface area contributed by atoms with E-state index in [0.717, 1.165) is 22.2 Å². The minimum atomic E-state index is 0.158. The molecule has 0 aliphatic carbocycles. The number of fused-ring (bicyclic) bond motifs is 6. The summed E-state index contributed by atoms with van der Waals surface area (Å²) in [6.45, 7) is 0. The van der Waals surface area contributed by atoms with Gasteiger partial charge in [0.15, 0.2) is 5.82 Å². The van der Waals surface area contributed by atoms with Crippen LogP contribution < -0.4 is 27.3 Å². The van der Waals surface area contributed by atoms with E-state index in [4.69, 9.17) is 49.2 Å². The molecular formula is C46H24B5N3S. The van der Waals surface area contributed by atoms with E-state index in [0.29, 0.717) is 22.8 Å². The van der Waals surface area contributed by atoms with Gasteiger partial charge in [0.25, 0.3) is 0 Å². The standard InChI is InChI=1S/C46H24B5N3S/c47-41-40(42(48)44(50)45(51)43(41)49)35-24-34(25-9-3-1-4-10-25)52-46(53-35)28-17-20-38-33(22-28)31-18-15-27(23-39(31)55-38)26-16-19-37-32(21-26)30-13-7-8-14-36(30)54(37)29-11-5-2-6-12-29/h1-24H. The van der Waals surface area contributed by atoms with Crippen molar-refractivity contribution in [2.75, 3.05) is 0 Å². The Balaban J connectivity index is 1.09. The average molecular weight is 705 g/mol. The molecule has 0 atom stereocenters. The van der Waals surface area contributed by atoms with E-state index in [9.17, 15) is 0 Å². The van der Waals surface area contributed by atoms with E-state index in [1.54, 1.807) is 11.3 Å². The molecule has 10 rings (SSSR count). The summed E-state index contributed by atoms with van der Waals surface area (Å²) in [5.74, 6) is 0.518. The van der Waals surface area contributed by atoms with E-state index in [2.05, 4.69) is 114 Å². The monoisotopic (exact) mass is 705 g/mol. The van der Waals surface area contributed by atoms with Crippen LogP contribution in [0.4, 0.5) is 0 Å². The zero-order valence-corrected chi connectivity index (χ0v) is 30.3. The molecule has 3 nitrogen and oxygen atoms in total. The fourth-order valence-corrected chi connectivity index (χ4v) is 8.82. The molecule has 10 aromatic rings. The summed E-state index contributed by atoms with van der Waals surface area (Å²) in [5.41, 5.74) is 10.2. The highest BCUT2D eigenvalue weighted by atomic mass is 32.1. The summed E-state index contributed by atoms with van der Waals surface area (Å²) in [6, 6.07) is 50.8. The second-order valence-corrected chi connectivity index (χ2v) is 14.8. The lowest BCUT2D eigenvalue weighted by molar-refractivity contribution is 1.18. The minimum absolute atomic E-state index is 0.158. The van der Waals surface area contributed by atoms with Crippen LogP contribution in [-0.2, 0) is 0 Å². The minimum Gasteiger partial charge on any atom is -0.309 e. The third kappa shape index (κ3) is 5.48. The Morgan fingerprint density at radius 3 is 1.78 bits per heavy atom. The molecule has 55 heavy (non-hydrogen) atoms. The number of hydrogen-bond acceptors (Lipinski definition) is 3. The molecule has 0 aliphatic heterocycles. The molecule has 10 radical (unpaired) electrons. The highest BCUT2D eigenvalue weighted by molar-refractivity contribution is 7.25. The van der Waals surface area contributed by atoms with Crippen LogP contribution in [0, 0.1) is 0 Å². The number of nitrogens with zero attached hydrogens (tertiary/aromatic N) is 3. The fourth-order valence-electron chi connectivity index (χ4n) is 7.69. The number of hydrogen-bond donors (Lipinski definition) is 0. The topological polar surface area (TPSA) is 30.7 Å². The zero-order chi connectivity index (χ0) is 37.4. The van der Waals surface area contributed by atoms with E-state index in [1.807, 2.05) is 36.4 Å². The molecule has 0 aliphatic rings. The predicted octanol–water partition coefficient (Wildman–Crippen LogP) is 6.58. The number of benzene rings is 7. The van der Waals surface area contributed by atoms with Crippen molar-refractivity contribution in [2.24, 2.45) is 0 Å². The van der Waals surface area contributed by atoms with Crippen molar-refractivity contribution < 1.29 is 0 Å². The van der Waals surface area contributed by atoms with Crippen LogP contribution in [0.2, 0.25) is 0 Å². The van der Waals surface area contributed by atoms with Crippen LogP contribution in [0.3, 0.4) is 0 Å². The average Bonchev–Trinajstić information content (AvgIpc) is 3.77. The molecule has 0 saturated carbocycles. The van der Waals surface area contributed by atoms with Gasteiger partial charge in [-0.3, -0.25) is 0 Å². The number of para-hydroxylation sites is 2. The largest absolute Gasteiger partial charge is 0.309 e. The Morgan fingerprint density at radius 1 is 0.400 bits per heavy atom. The molecule has 0 N–H and O–H groups in total. The van der Waals surface area contributed by atoms with Gasteiger partial charge in [-0.05, 0) is 77.4 Å². The second-order valence-electron chi connectivity index (χ2n) is 13.7. The highest BCUT2D eigenvalue weighted by Gasteiger charge is 2.18. The smallest absolute Gasteiger partial charge is 0.160 e. The number of aromatic nitrogens is 3. The van der Waals surface area contributed by atoms with Crippen molar-refractivity contribution in [1.29, 1.82) is 0 Å². The zero-order valence-electron chi connectivity index (χ0n) is 29.5. The van der Waals surface area contributed by atoms with Gasteiger partial charge in [0.2, 0.25) is 0 Å². The number of rotatable bonds is 5. The van der Waals surface area contributed by atoms with Crippen LogP contribution in [0.1, 0.15) is 0 Å².